The smallest absolute Gasteiger partial charge is 0.336 e. The molecule has 0 radical (unpaired) electrons. The summed E-state index contributed by atoms with van der Waals surface area (Å²) in [5.41, 5.74) is 3.96. The van der Waals surface area contributed by atoms with E-state index in [9.17, 15) is 14.7 Å². The Kier molecular flexibility index (Phi) is 11.6. The lowest BCUT2D eigenvalue weighted by Gasteiger charge is -2.31. The third-order valence-electron chi connectivity index (χ3n) is 9.09. The molecule has 1 saturated carbocycles. The Balaban J connectivity index is 1.40. The number of nitrogens with zero attached hydrogens (tertiary/aromatic N) is 1. The van der Waals surface area contributed by atoms with Crippen LogP contribution in [-0.4, -0.2) is 42.6 Å². The summed E-state index contributed by atoms with van der Waals surface area (Å²) < 4.78 is 12.1. The fraction of sp³-hybridized carbons (Fsp3) is 0.395. The summed E-state index contributed by atoms with van der Waals surface area (Å²) in [5, 5.41) is 10.8. The molecule has 1 N–H and O–H groups in total. The van der Waals surface area contributed by atoms with Crippen LogP contribution in [0.4, 0.5) is 0 Å². The molecule has 2 atom stereocenters. The molecule has 3 aromatic carbocycles. The molecule has 1 heterocycles. The van der Waals surface area contributed by atoms with Gasteiger partial charge in [0, 0.05) is 29.2 Å². The second-order valence-corrected chi connectivity index (χ2v) is 12.5. The Morgan fingerprint density at radius 2 is 1.58 bits per heavy atom. The average molecular weight is 628 g/mol. The first-order chi connectivity index (χ1) is 21.9. The van der Waals surface area contributed by atoms with Crippen LogP contribution in [0.5, 0.6) is 0 Å². The van der Waals surface area contributed by atoms with Crippen LogP contribution in [0, 0.1) is 11.8 Å². The van der Waals surface area contributed by atoms with Gasteiger partial charge in [-0.25, -0.2) is 4.79 Å². The van der Waals surface area contributed by atoms with Crippen molar-refractivity contribution >= 4 is 29.3 Å². The van der Waals surface area contributed by atoms with Crippen molar-refractivity contribution in [3.8, 4) is 0 Å². The molecule has 5 rings (SSSR count). The zero-order valence-corrected chi connectivity index (χ0v) is 26.6. The fourth-order valence-corrected chi connectivity index (χ4v) is 7.00. The van der Waals surface area contributed by atoms with Crippen molar-refractivity contribution in [1.82, 2.24) is 0 Å². The Hall–Kier alpha value is -3.74. The van der Waals surface area contributed by atoms with E-state index in [-0.39, 0.29) is 24.7 Å². The number of carbonyl (C=O) groups excluding carboxylic acids is 1. The van der Waals surface area contributed by atoms with Gasteiger partial charge in [0.15, 0.2) is 0 Å². The van der Waals surface area contributed by atoms with E-state index in [1.165, 1.54) is 32.1 Å². The molecule has 0 saturated heterocycles. The van der Waals surface area contributed by atoms with Gasteiger partial charge in [0.25, 0.3) is 0 Å². The number of ether oxygens (including phenoxy) is 2. The summed E-state index contributed by atoms with van der Waals surface area (Å²) >= 11 is 6.37. The first-order valence-electron chi connectivity index (χ1n) is 16.0. The van der Waals surface area contributed by atoms with Crippen LogP contribution >= 0.6 is 11.6 Å². The Morgan fingerprint density at radius 1 is 0.911 bits per heavy atom. The zero-order valence-electron chi connectivity index (χ0n) is 25.9. The Labute approximate surface area is 271 Å². The van der Waals surface area contributed by atoms with Gasteiger partial charge >= 0.3 is 11.9 Å². The number of rotatable bonds is 13. The molecule has 7 heteroatoms. The van der Waals surface area contributed by atoms with Crippen LogP contribution < -0.4 is 0 Å². The van der Waals surface area contributed by atoms with Crippen LogP contribution in [0.25, 0.3) is 0 Å². The number of carbonyl (C=O) groups is 2. The van der Waals surface area contributed by atoms with Crippen molar-refractivity contribution < 1.29 is 24.2 Å². The summed E-state index contributed by atoms with van der Waals surface area (Å²) in [6.45, 7) is 2.51. The Morgan fingerprint density at radius 3 is 2.20 bits per heavy atom. The van der Waals surface area contributed by atoms with Gasteiger partial charge in [-0.3, -0.25) is 9.79 Å². The number of hydrogen-bond acceptors (Lipinski definition) is 5. The second kappa shape index (κ2) is 16.0. The molecule has 0 aromatic heterocycles. The van der Waals surface area contributed by atoms with Crippen LogP contribution in [0.2, 0.25) is 5.02 Å². The van der Waals surface area contributed by atoms with E-state index < -0.39 is 23.8 Å². The number of aliphatic imine (C=N–C) groups is 1. The summed E-state index contributed by atoms with van der Waals surface area (Å²) in [4.78, 5) is 31.4. The standard InChI is InChI=1S/C38H42ClNO5/c1-26-34(37(41)42)35(30-18-11-19-31(39)24-30)36(33(40-26)25-44-22-20-27-12-5-2-6-13-27)38(43)45-23-21-32(28-14-7-3-8-15-28)29-16-9-4-10-17-29/h3-4,7-11,14-19,24,27,32,34-35H,2,5-6,12-13,20-23,25H2,1H3,(H,41,42). The number of esters is 1. The number of hydrogen-bond donors (Lipinski definition) is 1. The molecule has 0 spiro atoms. The van der Waals surface area contributed by atoms with E-state index in [1.807, 2.05) is 36.4 Å². The predicted molar refractivity (Wildman–Crippen MR) is 178 cm³/mol. The molecule has 1 aliphatic heterocycles. The summed E-state index contributed by atoms with van der Waals surface area (Å²) in [6.07, 6.45) is 7.82. The van der Waals surface area contributed by atoms with Gasteiger partial charge in [0.2, 0.25) is 0 Å². The molecular weight excluding hydrogens is 586 g/mol. The molecular formula is C38H42ClNO5. The molecule has 2 unspecified atom stereocenters. The highest BCUT2D eigenvalue weighted by Crippen LogP contribution is 2.41. The first kappa shape index (κ1) is 32.6. The molecule has 1 fully saturated rings. The van der Waals surface area contributed by atoms with Crippen LogP contribution in [-0.2, 0) is 19.1 Å². The van der Waals surface area contributed by atoms with E-state index in [1.54, 1.807) is 31.2 Å². The third kappa shape index (κ3) is 8.50. The zero-order chi connectivity index (χ0) is 31.6. The summed E-state index contributed by atoms with van der Waals surface area (Å²) in [5.74, 6) is -2.81. The van der Waals surface area contributed by atoms with E-state index >= 15 is 0 Å². The highest BCUT2D eigenvalue weighted by atomic mass is 35.5. The van der Waals surface area contributed by atoms with Crippen LogP contribution in [0.15, 0.2) is 101 Å². The second-order valence-electron chi connectivity index (χ2n) is 12.1. The van der Waals surface area contributed by atoms with E-state index in [4.69, 9.17) is 21.1 Å². The minimum atomic E-state index is -1.06. The lowest BCUT2D eigenvalue weighted by atomic mass is 9.75. The monoisotopic (exact) mass is 627 g/mol. The number of carboxylic acid groups (broad SMARTS) is 1. The summed E-state index contributed by atoms with van der Waals surface area (Å²) in [7, 11) is 0. The van der Waals surface area contributed by atoms with Gasteiger partial charge < -0.3 is 14.6 Å². The topological polar surface area (TPSA) is 85.2 Å². The SMILES string of the molecule is CC1=NC(COCCC2CCCCC2)=C(C(=O)OCCC(c2ccccc2)c2ccccc2)C(c2cccc(Cl)c2)C1C(=O)O. The molecule has 0 amide bonds. The predicted octanol–water partition coefficient (Wildman–Crippen LogP) is 8.61. The van der Waals surface area contributed by atoms with Crippen molar-refractivity contribution in [2.45, 2.75) is 63.7 Å². The molecule has 0 bridgehead atoms. The van der Waals surface area contributed by atoms with Crippen molar-refractivity contribution in [3.63, 3.8) is 0 Å². The molecule has 1 aliphatic carbocycles. The van der Waals surface area contributed by atoms with Crippen LogP contribution in [0.3, 0.4) is 0 Å². The maximum atomic E-state index is 14.1. The maximum Gasteiger partial charge on any atom is 0.336 e. The quantitative estimate of drug-likeness (QED) is 0.151. The highest BCUT2D eigenvalue weighted by Gasteiger charge is 2.42. The Bertz CT molecular complexity index is 1460. The molecule has 236 valence electrons. The number of carboxylic acids is 1. The first-order valence-corrected chi connectivity index (χ1v) is 16.4. The van der Waals surface area contributed by atoms with Crippen molar-refractivity contribution in [1.29, 1.82) is 0 Å². The minimum Gasteiger partial charge on any atom is -0.481 e. The molecule has 2 aliphatic rings. The number of benzene rings is 3. The van der Waals surface area contributed by atoms with Gasteiger partial charge in [-0.2, -0.15) is 0 Å². The van der Waals surface area contributed by atoms with Crippen molar-refractivity contribution in [3.05, 3.63) is 118 Å². The molecule has 6 nitrogen and oxygen atoms in total. The number of aliphatic carboxylic acids is 1. The minimum absolute atomic E-state index is 0.0267. The maximum absolute atomic E-state index is 14.1. The van der Waals surface area contributed by atoms with Gasteiger partial charge in [-0.1, -0.05) is 117 Å². The van der Waals surface area contributed by atoms with Crippen LogP contribution in [0.1, 0.15) is 80.4 Å². The average Bonchev–Trinajstić information content (AvgIpc) is 3.05. The molecule has 45 heavy (non-hydrogen) atoms. The van der Waals surface area contributed by atoms with E-state index in [0.717, 1.165) is 17.5 Å². The van der Waals surface area contributed by atoms with Crippen molar-refractivity contribution in [2.24, 2.45) is 16.8 Å². The van der Waals surface area contributed by atoms with E-state index in [0.29, 0.717) is 40.9 Å². The van der Waals surface area contributed by atoms with Gasteiger partial charge in [-0.05, 0) is 54.5 Å². The van der Waals surface area contributed by atoms with Gasteiger partial charge in [0.05, 0.1) is 24.5 Å². The normalized spacial score (nSPS) is 19.0. The lowest BCUT2D eigenvalue weighted by molar-refractivity contribution is -0.141. The highest BCUT2D eigenvalue weighted by molar-refractivity contribution is 6.30. The summed E-state index contributed by atoms with van der Waals surface area (Å²) in [6, 6.07) is 27.3. The molecule has 3 aromatic rings. The van der Waals surface area contributed by atoms with Crippen molar-refractivity contribution in [2.75, 3.05) is 19.8 Å². The lowest BCUT2D eigenvalue weighted by Crippen LogP contribution is -2.36. The fourth-order valence-electron chi connectivity index (χ4n) is 6.80. The largest absolute Gasteiger partial charge is 0.481 e. The number of halogens is 1. The van der Waals surface area contributed by atoms with Gasteiger partial charge in [0.1, 0.15) is 5.92 Å². The third-order valence-corrected chi connectivity index (χ3v) is 9.32. The van der Waals surface area contributed by atoms with E-state index in [2.05, 4.69) is 29.3 Å². The van der Waals surface area contributed by atoms with Gasteiger partial charge in [-0.15, -0.1) is 0 Å².